The van der Waals surface area contributed by atoms with Gasteiger partial charge < -0.3 is 5.32 Å². The van der Waals surface area contributed by atoms with E-state index < -0.39 is 0 Å². The zero-order valence-electron chi connectivity index (χ0n) is 11.2. The minimum atomic E-state index is 0.429. The van der Waals surface area contributed by atoms with Crippen LogP contribution in [-0.4, -0.2) is 19.7 Å². The summed E-state index contributed by atoms with van der Waals surface area (Å²) in [6.45, 7) is 0. The normalized spacial score (nSPS) is 14.5. The Kier molecular flexibility index (Phi) is 3.47. The second kappa shape index (κ2) is 5.37. The van der Waals surface area contributed by atoms with Crippen molar-refractivity contribution in [2.75, 3.05) is 5.32 Å². The van der Waals surface area contributed by atoms with Gasteiger partial charge in [0.05, 0.1) is 28.5 Å². The summed E-state index contributed by atoms with van der Waals surface area (Å²) in [5.74, 6) is 0.471. The topological polar surface area (TPSA) is 55.6 Å². The zero-order chi connectivity index (χ0) is 15.3. The third-order valence-electron chi connectivity index (χ3n) is 3.50. The summed E-state index contributed by atoms with van der Waals surface area (Å²) in [6.07, 6.45) is 5.68. The van der Waals surface area contributed by atoms with Crippen LogP contribution >= 0.6 is 39.1 Å². The number of hydrogen-bond donors (Lipinski definition) is 1. The number of hydrogen-bond acceptors (Lipinski definition) is 4. The van der Waals surface area contributed by atoms with Gasteiger partial charge in [-0.25, -0.2) is 14.6 Å². The van der Waals surface area contributed by atoms with Gasteiger partial charge in [0.25, 0.3) is 0 Å². The lowest BCUT2D eigenvalue weighted by atomic mass is 10.2. The highest BCUT2D eigenvalue weighted by Crippen LogP contribution is 2.39. The van der Waals surface area contributed by atoms with Crippen LogP contribution in [0, 0.1) is 0 Å². The molecule has 22 heavy (non-hydrogen) atoms. The summed E-state index contributed by atoms with van der Waals surface area (Å²) in [5.41, 5.74) is 1.50. The van der Waals surface area contributed by atoms with Crippen LogP contribution < -0.4 is 5.32 Å². The standard InChI is InChI=1S/C14H10BrCl2N5/c15-9-4-11-7(3-10(9)16)5-18-14(20-11)21-12-6-19-22(13(12)17)8-1-2-8/h3-6,8H,1-2H2,(H,18,20,21). The molecule has 1 fully saturated rings. The van der Waals surface area contributed by atoms with Gasteiger partial charge in [0.2, 0.25) is 5.95 Å². The van der Waals surface area contributed by atoms with Gasteiger partial charge in [0.15, 0.2) is 5.15 Å². The molecule has 112 valence electrons. The number of nitrogens with zero attached hydrogens (tertiary/aromatic N) is 4. The molecule has 1 N–H and O–H groups in total. The van der Waals surface area contributed by atoms with Crippen molar-refractivity contribution in [3.8, 4) is 0 Å². The van der Waals surface area contributed by atoms with Crippen LogP contribution in [0.25, 0.3) is 10.9 Å². The molecule has 0 aliphatic heterocycles. The van der Waals surface area contributed by atoms with Crippen molar-refractivity contribution in [3.63, 3.8) is 0 Å². The molecule has 0 amide bonds. The molecule has 0 spiro atoms. The maximum atomic E-state index is 6.33. The third-order valence-corrected chi connectivity index (χ3v) is 5.07. The second-order valence-corrected chi connectivity index (χ2v) is 6.79. The summed E-state index contributed by atoms with van der Waals surface area (Å²) < 4.78 is 2.63. The van der Waals surface area contributed by atoms with Gasteiger partial charge in [-0.2, -0.15) is 5.10 Å². The van der Waals surface area contributed by atoms with Gasteiger partial charge in [-0.15, -0.1) is 0 Å². The van der Waals surface area contributed by atoms with Crippen molar-refractivity contribution in [2.45, 2.75) is 18.9 Å². The molecule has 2 aromatic heterocycles. The molecule has 0 bridgehead atoms. The van der Waals surface area contributed by atoms with Crippen molar-refractivity contribution in [2.24, 2.45) is 0 Å². The van der Waals surface area contributed by atoms with Crippen LogP contribution in [0.4, 0.5) is 11.6 Å². The Morgan fingerprint density at radius 3 is 2.82 bits per heavy atom. The van der Waals surface area contributed by atoms with Crippen LogP contribution in [0.5, 0.6) is 0 Å². The molecular formula is C14H10BrCl2N5. The molecule has 1 aliphatic carbocycles. The maximum absolute atomic E-state index is 6.33. The second-order valence-electron chi connectivity index (χ2n) is 5.17. The molecule has 1 aromatic carbocycles. The van der Waals surface area contributed by atoms with Gasteiger partial charge >= 0.3 is 0 Å². The predicted molar refractivity (Wildman–Crippen MR) is 91.0 cm³/mol. The Morgan fingerprint density at radius 1 is 1.23 bits per heavy atom. The van der Waals surface area contributed by atoms with Crippen LogP contribution in [0.15, 0.2) is 29.0 Å². The fourth-order valence-corrected chi connectivity index (χ4v) is 2.99. The number of benzene rings is 1. The molecule has 1 saturated carbocycles. The summed E-state index contributed by atoms with van der Waals surface area (Å²) in [6, 6.07) is 4.11. The fourth-order valence-electron chi connectivity index (χ4n) is 2.21. The summed E-state index contributed by atoms with van der Waals surface area (Å²) in [4.78, 5) is 8.77. The molecule has 0 unspecified atom stereocenters. The summed E-state index contributed by atoms with van der Waals surface area (Å²) in [5, 5.41) is 9.51. The van der Waals surface area contributed by atoms with Gasteiger partial charge in [-0.05, 0) is 40.9 Å². The Hall–Kier alpha value is -1.37. The van der Waals surface area contributed by atoms with E-state index in [4.69, 9.17) is 23.2 Å². The minimum absolute atomic E-state index is 0.429. The van der Waals surface area contributed by atoms with E-state index in [9.17, 15) is 0 Å². The number of rotatable bonds is 3. The van der Waals surface area contributed by atoms with Crippen molar-refractivity contribution in [1.29, 1.82) is 0 Å². The highest BCUT2D eigenvalue weighted by molar-refractivity contribution is 9.10. The molecule has 2 heterocycles. The zero-order valence-corrected chi connectivity index (χ0v) is 14.3. The summed E-state index contributed by atoms with van der Waals surface area (Å²) in [7, 11) is 0. The number of aromatic nitrogens is 4. The van der Waals surface area contributed by atoms with E-state index in [0.29, 0.717) is 27.9 Å². The lowest BCUT2D eigenvalue weighted by molar-refractivity contribution is 0.643. The van der Waals surface area contributed by atoms with E-state index >= 15 is 0 Å². The Labute approximate surface area is 144 Å². The highest BCUT2D eigenvalue weighted by Gasteiger charge is 2.27. The molecule has 0 radical (unpaired) electrons. The van der Waals surface area contributed by atoms with E-state index in [-0.39, 0.29) is 0 Å². The van der Waals surface area contributed by atoms with Crippen LogP contribution in [0.2, 0.25) is 10.2 Å². The van der Waals surface area contributed by atoms with E-state index in [1.54, 1.807) is 12.4 Å². The monoisotopic (exact) mass is 397 g/mol. The van der Waals surface area contributed by atoms with Crippen LogP contribution in [0.3, 0.4) is 0 Å². The third kappa shape index (κ3) is 2.55. The maximum Gasteiger partial charge on any atom is 0.227 e. The fraction of sp³-hybridized carbons (Fsp3) is 0.214. The first-order chi connectivity index (χ1) is 10.6. The Bertz CT molecular complexity index is 875. The minimum Gasteiger partial charge on any atom is -0.320 e. The lowest BCUT2D eigenvalue weighted by Gasteiger charge is -2.06. The highest BCUT2D eigenvalue weighted by atomic mass is 79.9. The average molecular weight is 399 g/mol. The first-order valence-electron chi connectivity index (χ1n) is 6.73. The van der Waals surface area contributed by atoms with E-state index in [2.05, 4.69) is 36.3 Å². The largest absolute Gasteiger partial charge is 0.320 e. The molecule has 8 heteroatoms. The van der Waals surface area contributed by atoms with E-state index in [1.165, 1.54) is 0 Å². The molecular weight excluding hydrogens is 389 g/mol. The smallest absolute Gasteiger partial charge is 0.227 e. The van der Waals surface area contributed by atoms with Crippen LogP contribution in [-0.2, 0) is 0 Å². The van der Waals surface area contributed by atoms with E-state index in [0.717, 1.165) is 28.2 Å². The molecule has 4 rings (SSSR count). The lowest BCUT2D eigenvalue weighted by Crippen LogP contribution is -1.98. The SMILES string of the molecule is Clc1cc2cnc(Nc3cnn(C4CC4)c3Cl)nc2cc1Br. The predicted octanol–water partition coefficient (Wildman–Crippen LogP) is 4.97. The van der Waals surface area contributed by atoms with E-state index in [1.807, 2.05) is 16.8 Å². The first-order valence-corrected chi connectivity index (χ1v) is 8.28. The van der Waals surface area contributed by atoms with Crippen molar-refractivity contribution >= 4 is 61.7 Å². The molecule has 5 nitrogen and oxygen atoms in total. The molecule has 0 saturated heterocycles. The van der Waals surface area contributed by atoms with Gasteiger partial charge in [0.1, 0.15) is 0 Å². The van der Waals surface area contributed by atoms with Crippen molar-refractivity contribution in [3.05, 3.63) is 39.2 Å². The average Bonchev–Trinajstić information content (AvgIpc) is 3.27. The van der Waals surface area contributed by atoms with Gasteiger partial charge in [0, 0.05) is 16.1 Å². The molecule has 1 aliphatic rings. The van der Waals surface area contributed by atoms with Crippen LogP contribution in [0.1, 0.15) is 18.9 Å². The molecule has 3 aromatic rings. The summed E-state index contributed by atoms with van der Waals surface area (Å²) >= 11 is 15.8. The Balaban J connectivity index is 1.68. The van der Waals surface area contributed by atoms with Gasteiger partial charge in [-0.3, -0.25) is 0 Å². The first kappa shape index (κ1) is 14.2. The van der Waals surface area contributed by atoms with Crippen molar-refractivity contribution in [1.82, 2.24) is 19.7 Å². The number of anilines is 2. The van der Waals surface area contributed by atoms with Gasteiger partial charge in [-0.1, -0.05) is 23.2 Å². The molecule has 0 atom stereocenters. The quantitative estimate of drug-likeness (QED) is 0.676. The number of fused-ring (bicyclic) bond motifs is 1. The Morgan fingerprint density at radius 2 is 2.05 bits per heavy atom. The number of halogens is 3. The number of nitrogens with one attached hydrogen (secondary N) is 1. The van der Waals surface area contributed by atoms with Crippen molar-refractivity contribution < 1.29 is 0 Å².